The molecule has 0 aliphatic heterocycles. The molecule has 0 heterocycles. The number of hydrogen-bond acceptors (Lipinski definition) is 4. The molecule has 4 N–H and O–H groups in total. The van der Waals surface area contributed by atoms with Crippen LogP contribution in [0.15, 0.2) is 12.2 Å². The second kappa shape index (κ2) is 51.7. The third-order valence-corrected chi connectivity index (χ3v) is 13.3. The van der Waals surface area contributed by atoms with Crippen molar-refractivity contribution < 1.29 is 20.1 Å². The fraction of sp³-hybridized carbons (Fsp3) is 0.946. The highest BCUT2D eigenvalue weighted by atomic mass is 16.3. The van der Waals surface area contributed by atoms with Gasteiger partial charge in [0.2, 0.25) is 5.91 Å². The van der Waals surface area contributed by atoms with Crippen LogP contribution in [0.25, 0.3) is 0 Å². The van der Waals surface area contributed by atoms with Gasteiger partial charge in [-0.1, -0.05) is 302 Å². The molecule has 61 heavy (non-hydrogen) atoms. The number of aliphatic hydroxyl groups is 3. The second-order valence-corrected chi connectivity index (χ2v) is 19.6. The van der Waals surface area contributed by atoms with Gasteiger partial charge in [-0.25, -0.2) is 0 Å². The number of amides is 1. The summed E-state index contributed by atoms with van der Waals surface area (Å²) in [5, 5.41) is 33.2. The molecular weight excluding hydrogens is 751 g/mol. The lowest BCUT2D eigenvalue weighted by Gasteiger charge is -2.21. The number of rotatable bonds is 52. The Morgan fingerprint density at radius 2 is 0.672 bits per heavy atom. The van der Waals surface area contributed by atoms with Crippen LogP contribution in [-0.4, -0.2) is 46.1 Å². The summed E-state index contributed by atoms with van der Waals surface area (Å²) in [5.41, 5.74) is 0. The summed E-state index contributed by atoms with van der Waals surface area (Å²) < 4.78 is 0. The molecule has 0 aromatic carbocycles. The minimum Gasteiger partial charge on any atom is -0.394 e. The number of nitrogens with one attached hydrogen (secondary N) is 1. The molecular formula is C56H111NO4. The van der Waals surface area contributed by atoms with Crippen molar-refractivity contribution in [3.63, 3.8) is 0 Å². The molecule has 3 atom stereocenters. The maximum Gasteiger partial charge on any atom is 0.222 e. The summed E-state index contributed by atoms with van der Waals surface area (Å²) >= 11 is 0. The Bertz CT molecular complexity index is 864. The number of aliphatic hydroxyl groups excluding tert-OH is 3. The first-order chi connectivity index (χ1) is 30.0. The minimum atomic E-state index is -0.923. The number of carbonyl (C=O) groups is 1. The Morgan fingerprint density at radius 1 is 0.410 bits per heavy atom. The standard InChI is InChI=1S/C56H111NO4/c1-3-5-7-9-11-13-14-15-16-17-18-19-20-21-22-23-24-25-26-27-28-29-30-31-32-33-34-35-36-37-38-39-40-42-43-45-47-49-53(59)51-56(61)57-54(52-58)55(60)50-48-46-44-41-12-10-8-6-4-2/h48,50,53-55,58-60H,3-47,49,51-52H2,1-2H3,(H,57,61)/b50-48+. The van der Waals surface area contributed by atoms with Crippen molar-refractivity contribution in [2.45, 2.75) is 334 Å². The average molecular weight is 863 g/mol. The van der Waals surface area contributed by atoms with E-state index in [0.29, 0.717) is 6.42 Å². The van der Waals surface area contributed by atoms with Crippen LogP contribution in [0.5, 0.6) is 0 Å². The molecule has 0 aliphatic rings. The van der Waals surface area contributed by atoms with Crippen LogP contribution in [0.1, 0.15) is 316 Å². The molecule has 0 saturated heterocycles. The normalized spacial score (nSPS) is 13.3. The van der Waals surface area contributed by atoms with Gasteiger partial charge >= 0.3 is 0 Å². The first-order valence-electron chi connectivity index (χ1n) is 28.0. The summed E-state index contributed by atoms with van der Waals surface area (Å²) in [5.74, 6) is -0.312. The molecule has 0 fully saturated rings. The van der Waals surface area contributed by atoms with Crippen molar-refractivity contribution in [2.24, 2.45) is 0 Å². The Balaban J connectivity index is 3.37. The third kappa shape index (κ3) is 48.4. The van der Waals surface area contributed by atoms with Crippen molar-refractivity contribution in [3.8, 4) is 0 Å². The molecule has 5 nitrogen and oxygen atoms in total. The lowest BCUT2D eigenvalue weighted by molar-refractivity contribution is -0.124. The van der Waals surface area contributed by atoms with E-state index in [2.05, 4.69) is 19.2 Å². The predicted octanol–water partition coefficient (Wildman–Crippen LogP) is 17.1. The highest BCUT2D eigenvalue weighted by Gasteiger charge is 2.20. The summed E-state index contributed by atoms with van der Waals surface area (Å²) in [6.07, 6.45) is 64.4. The van der Waals surface area contributed by atoms with Crippen LogP contribution in [-0.2, 0) is 4.79 Å². The second-order valence-electron chi connectivity index (χ2n) is 19.6. The zero-order valence-corrected chi connectivity index (χ0v) is 41.6. The summed E-state index contributed by atoms with van der Waals surface area (Å²) in [7, 11) is 0. The van der Waals surface area contributed by atoms with Gasteiger partial charge in [-0.15, -0.1) is 0 Å². The van der Waals surface area contributed by atoms with Crippen molar-refractivity contribution in [3.05, 3.63) is 12.2 Å². The summed E-state index contributed by atoms with van der Waals surface area (Å²) in [6, 6.07) is -0.738. The van der Waals surface area contributed by atoms with Crippen molar-refractivity contribution in [1.82, 2.24) is 5.32 Å². The Morgan fingerprint density at radius 3 is 0.951 bits per heavy atom. The fourth-order valence-corrected chi connectivity index (χ4v) is 9.05. The van der Waals surface area contributed by atoms with E-state index in [1.807, 2.05) is 6.08 Å². The number of allylic oxidation sites excluding steroid dienone is 1. The predicted molar refractivity (Wildman–Crippen MR) is 269 cm³/mol. The zero-order valence-electron chi connectivity index (χ0n) is 41.6. The number of carbonyl (C=O) groups excluding carboxylic acids is 1. The molecule has 0 aromatic heterocycles. The van der Waals surface area contributed by atoms with Gasteiger partial charge in [0.25, 0.3) is 0 Å². The van der Waals surface area contributed by atoms with E-state index in [-0.39, 0.29) is 18.9 Å². The van der Waals surface area contributed by atoms with Gasteiger partial charge in [0.05, 0.1) is 31.3 Å². The fourth-order valence-electron chi connectivity index (χ4n) is 9.05. The van der Waals surface area contributed by atoms with Crippen LogP contribution in [0.2, 0.25) is 0 Å². The molecule has 1 amide bonds. The van der Waals surface area contributed by atoms with E-state index < -0.39 is 18.2 Å². The SMILES string of the molecule is CCCCCCCCC/C=C/C(O)C(CO)NC(=O)CC(O)CCCCCCCCCCCCCCCCCCCCCCCCCCCCCCCCCCCCCCC. The van der Waals surface area contributed by atoms with Gasteiger partial charge in [-0.05, 0) is 19.3 Å². The van der Waals surface area contributed by atoms with Crippen LogP contribution < -0.4 is 5.32 Å². The van der Waals surface area contributed by atoms with Gasteiger partial charge in [0.1, 0.15) is 0 Å². The maximum atomic E-state index is 12.4. The first kappa shape index (κ1) is 60.1. The average Bonchev–Trinajstić information content (AvgIpc) is 3.25. The van der Waals surface area contributed by atoms with Crippen LogP contribution in [0, 0.1) is 0 Å². The summed E-state index contributed by atoms with van der Waals surface area (Å²) in [6.45, 7) is 4.21. The summed E-state index contributed by atoms with van der Waals surface area (Å²) in [4.78, 5) is 12.4. The van der Waals surface area contributed by atoms with E-state index in [1.54, 1.807) is 6.08 Å². The monoisotopic (exact) mass is 862 g/mol. The molecule has 0 aliphatic carbocycles. The van der Waals surface area contributed by atoms with E-state index in [4.69, 9.17) is 0 Å². The van der Waals surface area contributed by atoms with Crippen LogP contribution in [0.4, 0.5) is 0 Å². The van der Waals surface area contributed by atoms with Crippen LogP contribution in [0.3, 0.4) is 0 Å². The van der Waals surface area contributed by atoms with E-state index in [9.17, 15) is 20.1 Å². The van der Waals surface area contributed by atoms with Crippen molar-refractivity contribution >= 4 is 5.91 Å². The molecule has 0 rings (SSSR count). The molecule has 0 spiro atoms. The van der Waals surface area contributed by atoms with E-state index >= 15 is 0 Å². The molecule has 0 saturated carbocycles. The molecule has 0 bridgehead atoms. The van der Waals surface area contributed by atoms with E-state index in [0.717, 1.165) is 25.7 Å². The highest BCUT2D eigenvalue weighted by molar-refractivity contribution is 5.76. The van der Waals surface area contributed by atoms with Gasteiger partial charge in [0, 0.05) is 0 Å². The number of unbranched alkanes of at least 4 members (excludes halogenated alkanes) is 43. The topological polar surface area (TPSA) is 89.8 Å². The van der Waals surface area contributed by atoms with Crippen molar-refractivity contribution in [2.75, 3.05) is 6.61 Å². The van der Waals surface area contributed by atoms with Crippen molar-refractivity contribution in [1.29, 1.82) is 0 Å². The molecule has 0 aromatic rings. The smallest absolute Gasteiger partial charge is 0.222 e. The Hall–Kier alpha value is -0.910. The molecule has 364 valence electrons. The van der Waals surface area contributed by atoms with Crippen LogP contribution >= 0.6 is 0 Å². The molecule has 0 radical (unpaired) electrons. The maximum absolute atomic E-state index is 12.4. The molecule has 3 unspecified atom stereocenters. The Kier molecular flexibility index (Phi) is 51.0. The van der Waals surface area contributed by atoms with Gasteiger partial charge in [-0.2, -0.15) is 0 Å². The highest BCUT2D eigenvalue weighted by Crippen LogP contribution is 2.18. The first-order valence-corrected chi connectivity index (χ1v) is 28.0. The Labute approximate surface area is 382 Å². The minimum absolute atomic E-state index is 0.0185. The zero-order chi connectivity index (χ0) is 44.4. The van der Waals surface area contributed by atoms with Gasteiger partial charge in [0.15, 0.2) is 0 Å². The number of hydrogen-bond donors (Lipinski definition) is 4. The quantitative estimate of drug-likeness (QED) is 0.0362. The van der Waals surface area contributed by atoms with Gasteiger partial charge in [-0.3, -0.25) is 4.79 Å². The van der Waals surface area contributed by atoms with Gasteiger partial charge < -0.3 is 20.6 Å². The third-order valence-electron chi connectivity index (χ3n) is 13.3. The lowest BCUT2D eigenvalue weighted by atomic mass is 10.0. The molecule has 5 heteroatoms. The lowest BCUT2D eigenvalue weighted by Crippen LogP contribution is -2.45. The van der Waals surface area contributed by atoms with E-state index in [1.165, 1.54) is 263 Å². The largest absolute Gasteiger partial charge is 0.394 e.